The highest BCUT2D eigenvalue weighted by Crippen LogP contribution is 2.17. The lowest BCUT2D eigenvalue weighted by Crippen LogP contribution is -2.12. The number of hydrogen-bond donors (Lipinski definition) is 1. The maximum absolute atomic E-state index is 9.24. The van der Waals surface area contributed by atoms with Crippen LogP contribution in [0.4, 0.5) is 0 Å². The standard InChI is InChI=1S/C10H11NO/c1-8(12)10(7-11)9-5-3-2-4-6-9/h2-6,8,10,12H,1H3/t8-,10-/m1/s1. The number of rotatable bonds is 2. The van der Waals surface area contributed by atoms with Crippen molar-refractivity contribution < 1.29 is 5.11 Å². The first-order chi connectivity index (χ1) is 5.75. The van der Waals surface area contributed by atoms with E-state index < -0.39 is 12.0 Å². The molecule has 2 atom stereocenters. The van der Waals surface area contributed by atoms with E-state index in [-0.39, 0.29) is 0 Å². The number of aliphatic hydroxyl groups excluding tert-OH is 1. The van der Waals surface area contributed by atoms with Gasteiger partial charge in [-0.3, -0.25) is 0 Å². The smallest absolute Gasteiger partial charge is 0.0969 e. The van der Waals surface area contributed by atoms with Crippen molar-refractivity contribution >= 4 is 0 Å². The normalized spacial score (nSPS) is 14.8. The van der Waals surface area contributed by atoms with E-state index in [0.717, 1.165) is 5.56 Å². The fraction of sp³-hybridized carbons (Fsp3) is 0.300. The van der Waals surface area contributed by atoms with E-state index >= 15 is 0 Å². The molecule has 62 valence electrons. The molecule has 0 saturated heterocycles. The molecular weight excluding hydrogens is 150 g/mol. The molecule has 1 aromatic rings. The van der Waals surface area contributed by atoms with Crippen molar-refractivity contribution in [3.8, 4) is 6.07 Å². The molecule has 0 fully saturated rings. The molecule has 0 aliphatic rings. The number of benzene rings is 1. The Labute approximate surface area is 72.1 Å². The van der Waals surface area contributed by atoms with Crippen LogP contribution in [-0.4, -0.2) is 11.2 Å². The molecule has 0 radical (unpaired) electrons. The molecule has 0 bridgehead atoms. The third-order valence-corrected chi connectivity index (χ3v) is 1.78. The molecule has 0 saturated carbocycles. The number of nitriles is 1. The second-order valence-corrected chi connectivity index (χ2v) is 2.76. The van der Waals surface area contributed by atoms with Crippen molar-refractivity contribution in [3.05, 3.63) is 35.9 Å². The topological polar surface area (TPSA) is 44.0 Å². The minimum Gasteiger partial charge on any atom is -0.392 e. The van der Waals surface area contributed by atoms with Crippen molar-refractivity contribution in [2.75, 3.05) is 0 Å². The Morgan fingerprint density at radius 3 is 2.33 bits per heavy atom. The van der Waals surface area contributed by atoms with E-state index in [9.17, 15) is 5.11 Å². The van der Waals surface area contributed by atoms with Crippen LogP contribution in [0.3, 0.4) is 0 Å². The Hall–Kier alpha value is -1.33. The predicted octanol–water partition coefficient (Wildman–Crippen LogP) is 1.67. The van der Waals surface area contributed by atoms with Crippen LogP contribution in [0, 0.1) is 11.3 Å². The molecule has 0 aromatic heterocycles. The fourth-order valence-electron chi connectivity index (χ4n) is 1.12. The lowest BCUT2D eigenvalue weighted by Gasteiger charge is -2.11. The predicted molar refractivity (Wildman–Crippen MR) is 46.5 cm³/mol. The first-order valence-corrected chi connectivity index (χ1v) is 3.88. The number of hydrogen-bond acceptors (Lipinski definition) is 2. The Morgan fingerprint density at radius 2 is 1.92 bits per heavy atom. The van der Waals surface area contributed by atoms with Crippen molar-refractivity contribution in [3.63, 3.8) is 0 Å². The molecule has 1 rings (SSSR count). The molecule has 0 amide bonds. The minimum atomic E-state index is -0.614. The number of aliphatic hydroxyl groups is 1. The van der Waals surface area contributed by atoms with E-state index in [1.807, 2.05) is 30.3 Å². The van der Waals surface area contributed by atoms with Gasteiger partial charge >= 0.3 is 0 Å². The maximum Gasteiger partial charge on any atom is 0.0969 e. The third-order valence-electron chi connectivity index (χ3n) is 1.78. The third kappa shape index (κ3) is 1.84. The zero-order valence-electron chi connectivity index (χ0n) is 6.94. The summed E-state index contributed by atoms with van der Waals surface area (Å²) in [6.45, 7) is 1.63. The summed E-state index contributed by atoms with van der Waals surface area (Å²) in [6.07, 6.45) is -0.614. The molecule has 1 N–H and O–H groups in total. The summed E-state index contributed by atoms with van der Waals surface area (Å²) in [5.74, 6) is -0.411. The quantitative estimate of drug-likeness (QED) is 0.717. The van der Waals surface area contributed by atoms with Crippen LogP contribution >= 0.6 is 0 Å². The van der Waals surface area contributed by atoms with Gasteiger partial charge in [0.05, 0.1) is 18.1 Å². The van der Waals surface area contributed by atoms with E-state index in [1.165, 1.54) is 0 Å². The SMILES string of the molecule is C[C@@H](O)[C@@H](C#N)c1ccccc1. The monoisotopic (exact) mass is 161 g/mol. The Kier molecular flexibility index (Phi) is 2.84. The molecule has 2 nitrogen and oxygen atoms in total. The molecule has 0 spiro atoms. The summed E-state index contributed by atoms with van der Waals surface area (Å²) in [4.78, 5) is 0. The maximum atomic E-state index is 9.24. The Morgan fingerprint density at radius 1 is 1.33 bits per heavy atom. The molecule has 0 aliphatic heterocycles. The van der Waals surface area contributed by atoms with Gasteiger partial charge in [0.15, 0.2) is 0 Å². The van der Waals surface area contributed by atoms with Crippen LogP contribution in [0.15, 0.2) is 30.3 Å². The average Bonchev–Trinajstić information content (AvgIpc) is 2.07. The largest absolute Gasteiger partial charge is 0.392 e. The van der Waals surface area contributed by atoms with Crippen molar-refractivity contribution in [1.29, 1.82) is 5.26 Å². The zero-order chi connectivity index (χ0) is 8.97. The minimum absolute atomic E-state index is 0.411. The molecular formula is C10H11NO. The Bertz CT molecular complexity index is 274. The summed E-state index contributed by atoms with van der Waals surface area (Å²) in [5, 5.41) is 18.0. The summed E-state index contributed by atoms with van der Waals surface area (Å²) < 4.78 is 0. The van der Waals surface area contributed by atoms with Gasteiger partial charge in [0.1, 0.15) is 0 Å². The summed E-state index contributed by atoms with van der Waals surface area (Å²) in [6, 6.07) is 11.4. The van der Waals surface area contributed by atoms with Gasteiger partial charge in [-0.1, -0.05) is 30.3 Å². The highest BCUT2D eigenvalue weighted by molar-refractivity contribution is 5.25. The van der Waals surface area contributed by atoms with E-state index in [1.54, 1.807) is 6.92 Å². The van der Waals surface area contributed by atoms with E-state index in [2.05, 4.69) is 6.07 Å². The van der Waals surface area contributed by atoms with Crippen LogP contribution in [0.2, 0.25) is 0 Å². The van der Waals surface area contributed by atoms with Crippen LogP contribution in [-0.2, 0) is 0 Å². The van der Waals surface area contributed by atoms with Gasteiger partial charge < -0.3 is 5.11 Å². The summed E-state index contributed by atoms with van der Waals surface area (Å²) in [7, 11) is 0. The van der Waals surface area contributed by atoms with Crippen LogP contribution in [0.5, 0.6) is 0 Å². The van der Waals surface area contributed by atoms with Gasteiger partial charge in [-0.2, -0.15) is 5.26 Å². The van der Waals surface area contributed by atoms with Crippen LogP contribution < -0.4 is 0 Å². The van der Waals surface area contributed by atoms with E-state index in [4.69, 9.17) is 5.26 Å². The van der Waals surface area contributed by atoms with Gasteiger partial charge in [0.25, 0.3) is 0 Å². The highest BCUT2D eigenvalue weighted by Gasteiger charge is 2.15. The van der Waals surface area contributed by atoms with Gasteiger partial charge in [-0.15, -0.1) is 0 Å². The summed E-state index contributed by atoms with van der Waals surface area (Å²) in [5.41, 5.74) is 0.870. The van der Waals surface area contributed by atoms with E-state index in [0.29, 0.717) is 0 Å². The molecule has 0 unspecified atom stereocenters. The van der Waals surface area contributed by atoms with Gasteiger partial charge in [-0.05, 0) is 12.5 Å². The van der Waals surface area contributed by atoms with Gasteiger partial charge in [-0.25, -0.2) is 0 Å². The number of nitrogens with zero attached hydrogens (tertiary/aromatic N) is 1. The van der Waals surface area contributed by atoms with Gasteiger partial charge in [0, 0.05) is 0 Å². The zero-order valence-corrected chi connectivity index (χ0v) is 6.94. The highest BCUT2D eigenvalue weighted by atomic mass is 16.3. The first-order valence-electron chi connectivity index (χ1n) is 3.88. The van der Waals surface area contributed by atoms with Crippen LogP contribution in [0.25, 0.3) is 0 Å². The fourth-order valence-corrected chi connectivity index (χ4v) is 1.12. The lowest BCUT2D eigenvalue weighted by atomic mass is 9.96. The Balaban J connectivity index is 2.90. The molecule has 2 heteroatoms. The first kappa shape index (κ1) is 8.76. The summed E-state index contributed by atoms with van der Waals surface area (Å²) >= 11 is 0. The van der Waals surface area contributed by atoms with Gasteiger partial charge in [0.2, 0.25) is 0 Å². The molecule has 1 aromatic carbocycles. The second-order valence-electron chi connectivity index (χ2n) is 2.76. The average molecular weight is 161 g/mol. The van der Waals surface area contributed by atoms with Crippen molar-refractivity contribution in [2.24, 2.45) is 0 Å². The molecule has 12 heavy (non-hydrogen) atoms. The van der Waals surface area contributed by atoms with Crippen molar-refractivity contribution in [1.82, 2.24) is 0 Å². The van der Waals surface area contributed by atoms with Crippen LogP contribution in [0.1, 0.15) is 18.4 Å². The molecule has 0 heterocycles. The van der Waals surface area contributed by atoms with Crippen molar-refractivity contribution in [2.45, 2.75) is 18.9 Å². The lowest BCUT2D eigenvalue weighted by molar-refractivity contribution is 0.181. The molecule has 0 aliphatic carbocycles. The second kappa shape index (κ2) is 3.89.